The summed E-state index contributed by atoms with van der Waals surface area (Å²) in [7, 11) is 0. The maximum absolute atomic E-state index is 11.4. The van der Waals surface area contributed by atoms with E-state index in [0.717, 1.165) is 12.8 Å². The Morgan fingerprint density at radius 3 is 2.80 bits per heavy atom. The molecule has 1 aliphatic rings. The predicted octanol–water partition coefficient (Wildman–Crippen LogP) is 2.26. The van der Waals surface area contributed by atoms with E-state index in [9.17, 15) is 9.59 Å². The van der Waals surface area contributed by atoms with Crippen molar-refractivity contribution in [3.8, 4) is 0 Å². The first kappa shape index (κ1) is 12.0. The average Bonchev–Trinajstić information content (AvgIpc) is 2.45. The minimum Gasteiger partial charge on any atom is -0.463 e. The van der Waals surface area contributed by atoms with Gasteiger partial charge in [0.1, 0.15) is 0 Å². The molecule has 0 aromatic carbocycles. The van der Waals surface area contributed by atoms with E-state index in [1.54, 1.807) is 0 Å². The minimum absolute atomic E-state index is 0.0925. The molecule has 0 aromatic heterocycles. The van der Waals surface area contributed by atoms with Crippen LogP contribution in [0.25, 0.3) is 0 Å². The van der Waals surface area contributed by atoms with Crippen molar-refractivity contribution in [1.82, 2.24) is 0 Å². The monoisotopic (exact) mass is 210 g/mol. The molecule has 0 bridgehead atoms. The van der Waals surface area contributed by atoms with Gasteiger partial charge in [0.2, 0.25) is 0 Å². The third kappa shape index (κ3) is 3.86. The maximum Gasteiger partial charge on any atom is 0.331 e. The third-order valence-electron chi connectivity index (χ3n) is 2.49. The number of esters is 1. The largest absolute Gasteiger partial charge is 0.463 e. The number of carbonyl (C=O) groups excluding carboxylic acids is 2. The zero-order chi connectivity index (χ0) is 11.3. The van der Waals surface area contributed by atoms with Gasteiger partial charge in [0.25, 0.3) is 0 Å². The number of unbranched alkanes of at least 4 members (excludes halogenated alkanes) is 1. The molecule has 0 aromatic rings. The Labute approximate surface area is 90.5 Å². The molecule has 1 aliphatic carbocycles. The molecule has 1 unspecified atom stereocenters. The molecule has 1 rings (SSSR count). The summed E-state index contributed by atoms with van der Waals surface area (Å²) < 4.78 is 4.96. The van der Waals surface area contributed by atoms with Gasteiger partial charge < -0.3 is 4.74 Å². The van der Waals surface area contributed by atoms with Crippen molar-refractivity contribution in [2.45, 2.75) is 39.5 Å². The van der Waals surface area contributed by atoms with Crippen LogP contribution in [0.3, 0.4) is 0 Å². The van der Waals surface area contributed by atoms with Crippen LogP contribution in [0.1, 0.15) is 39.5 Å². The predicted molar refractivity (Wildman–Crippen MR) is 57.4 cm³/mol. The highest BCUT2D eigenvalue weighted by atomic mass is 16.5. The Balaban J connectivity index is 2.41. The van der Waals surface area contributed by atoms with Crippen LogP contribution in [-0.2, 0) is 14.3 Å². The van der Waals surface area contributed by atoms with Crippen molar-refractivity contribution in [1.29, 1.82) is 0 Å². The van der Waals surface area contributed by atoms with Crippen molar-refractivity contribution in [2.24, 2.45) is 5.92 Å². The van der Waals surface area contributed by atoms with Crippen molar-refractivity contribution >= 4 is 11.8 Å². The molecule has 3 heteroatoms. The molecule has 0 amide bonds. The smallest absolute Gasteiger partial charge is 0.331 e. The number of hydrogen-bond acceptors (Lipinski definition) is 3. The highest BCUT2D eigenvalue weighted by Crippen LogP contribution is 2.26. The zero-order valence-electron chi connectivity index (χ0n) is 9.41. The average molecular weight is 210 g/mol. The lowest BCUT2D eigenvalue weighted by atomic mass is 10.1. The molecule has 15 heavy (non-hydrogen) atoms. The van der Waals surface area contributed by atoms with Gasteiger partial charge in [-0.05, 0) is 18.8 Å². The molecule has 0 radical (unpaired) electrons. The molecule has 84 valence electrons. The third-order valence-corrected chi connectivity index (χ3v) is 2.49. The number of carbonyl (C=O) groups is 2. The fourth-order valence-electron chi connectivity index (χ4n) is 1.65. The topological polar surface area (TPSA) is 43.4 Å². The maximum atomic E-state index is 11.4. The summed E-state index contributed by atoms with van der Waals surface area (Å²) in [6.45, 7) is 4.50. The molecule has 0 heterocycles. The molecule has 0 aliphatic heterocycles. The highest BCUT2D eigenvalue weighted by molar-refractivity contribution is 6.02. The highest BCUT2D eigenvalue weighted by Gasteiger charge is 2.24. The molecule has 3 nitrogen and oxygen atoms in total. The standard InChI is InChI=1S/C12H18O3/c1-3-4-5-15-12(14)8-10-6-9(2)7-11(10)13/h8-9H,3-7H2,1-2H3. The van der Waals surface area contributed by atoms with Crippen molar-refractivity contribution in [2.75, 3.05) is 6.61 Å². The van der Waals surface area contributed by atoms with Gasteiger partial charge in [-0.15, -0.1) is 0 Å². The summed E-state index contributed by atoms with van der Waals surface area (Å²) in [5.74, 6) is 0.0861. The van der Waals surface area contributed by atoms with Gasteiger partial charge in [0.05, 0.1) is 6.61 Å². The van der Waals surface area contributed by atoms with E-state index in [0.29, 0.717) is 30.9 Å². The minimum atomic E-state index is -0.374. The van der Waals surface area contributed by atoms with E-state index in [1.165, 1.54) is 6.08 Å². The van der Waals surface area contributed by atoms with Crippen molar-refractivity contribution in [3.05, 3.63) is 11.6 Å². The van der Waals surface area contributed by atoms with Gasteiger partial charge in [0, 0.05) is 18.1 Å². The Bertz CT molecular complexity index is 279. The van der Waals surface area contributed by atoms with Crippen molar-refractivity contribution in [3.63, 3.8) is 0 Å². The summed E-state index contributed by atoms with van der Waals surface area (Å²) in [6, 6.07) is 0. The van der Waals surface area contributed by atoms with Gasteiger partial charge in [0.15, 0.2) is 5.78 Å². The first-order valence-electron chi connectivity index (χ1n) is 5.54. The lowest BCUT2D eigenvalue weighted by Gasteiger charge is -2.00. The molecular weight excluding hydrogens is 192 g/mol. The summed E-state index contributed by atoms with van der Waals surface area (Å²) >= 11 is 0. The quantitative estimate of drug-likeness (QED) is 0.406. The first-order valence-corrected chi connectivity index (χ1v) is 5.54. The second-order valence-electron chi connectivity index (χ2n) is 4.13. The lowest BCUT2D eigenvalue weighted by Crippen LogP contribution is -2.04. The van der Waals surface area contributed by atoms with Gasteiger partial charge in [-0.3, -0.25) is 4.79 Å². The molecule has 1 fully saturated rings. The molecule has 1 atom stereocenters. The Hall–Kier alpha value is -1.12. The van der Waals surface area contributed by atoms with E-state index in [4.69, 9.17) is 4.74 Å². The summed E-state index contributed by atoms with van der Waals surface area (Å²) in [4.78, 5) is 22.6. The second-order valence-corrected chi connectivity index (χ2v) is 4.13. The lowest BCUT2D eigenvalue weighted by molar-refractivity contribution is -0.138. The molecular formula is C12H18O3. The van der Waals surface area contributed by atoms with Crippen LogP contribution in [0.2, 0.25) is 0 Å². The molecule has 1 saturated carbocycles. The summed E-state index contributed by atoms with van der Waals surface area (Å²) in [5, 5.41) is 0. The van der Waals surface area contributed by atoms with Crippen molar-refractivity contribution < 1.29 is 14.3 Å². The van der Waals surface area contributed by atoms with Crippen LogP contribution in [0.4, 0.5) is 0 Å². The summed E-state index contributed by atoms with van der Waals surface area (Å²) in [6.07, 6.45) is 4.51. The van der Waals surface area contributed by atoms with Crippen LogP contribution in [0.5, 0.6) is 0 Å². The first-order chi connectivity index (χ1) is 7.13. The van der Waals surface area contributed by atoms with Gasteiger partial charge >= 0.3 is 5.97 Å². The zero-order valence-corrected chi connectivity index (χ0v) is 9.41. The normalized spacial score (nSPS) is 23.5. The van der Waals surface area contributed by atoms with Crippen LogP contribution >= 0.6 is 0 Å². The van der Waals surface area contributed by atoms with Gasteiger partial charge in [-0.1, -0.05) is 20.3 Å². The fourth-order valence-corrected chi connectivity index (χ4v) is 1.65. The Kier molecular flexibility index (Phi) is 4.53. The Morgan fingerprint density at radius 1 is 1.53 bits per heavy atom. The second kappa shape index (κ2) is 5.69. The number of hydrogen-bond donors (Lipinski definition) is 0. The van der Waals surface area contributed by atoms with Crippen LogP contribution in [-0.4, -0.2) is 18.4 Å². The van der Waals surface area contributed by atoms with E-state index >= 15 is 0 Å². The van der Waals surface area contributed by atoms with E-state index in [1.807, 2.05) is 13.8 Å². The number of ether oxygens (including phenoxy) is 1. The van der Waals surface area contributed by atoms with Gasteiger partial charge in [-0.2, -0.15) is 0 Å². The number of Topliss-reactive ketones (excluding diaryl/α,β-unsaturated/α-hetero) is 1. The van der Waals surface area contributed by atoms with Crippen LogP contribution in [0, 0.1) is 5.92 Å². The number of ketones is 1. The number of allylic oxidation sites excluding steroid dienone is 1. The molecule has 0 spiro atoms. The van der Waals surface area contributed by atoms with E-state index in [-0.39, 0.29) is 11.8 Å². The van der Waals surface area contributed by atoms with E-state index < -0.39 is 0 Å². The van der Waals surface area contributed by atoms with Gasteiger partial charge in [-0.25, -0.2) is 4.79 Å². The number of rotatable bonds is 4. The SMILES string of the molecule is CCCCOC(=O)C=C1CC(C)CC1=O. The van der Waals surface area contributed by atoms with Crippen LogP contribution < -0.4 is 0 Å². The Morgan fingerprint density at radius 2 is 2.27 bits per heavy atom. The molecule has 0 saturated heterocycles. The van der Waals surface area contributed by atoms with E-state index in [2.05, 4.69) is 0 Å². The van der Waals surface area contributed by atoms with Crippen LogP contribution in [0.15, 0.2) is 11.6 Å². The summed E-state index contributed by atoms with van der Waals surface area (Å²) in [5.41, 5.74) is 0.629. The fraction of sp³-hybridized carbons (Fsp3) is 0.667. The molecule has 0 N–H and O–H groups in total.